The Morgan fingerprint density at radius 3 is 2.62 bits per heavy atom. The Morgan fingerprint density at radius 1 is 1.31 bits per heavy atom. The lowest BCUT2D eigenvalue weighted by Crippen LogP contribution is -2.28. The molecule has 0 bridgehead atoms. The number of nitrogens with zero attached hydrogens (tertiary/aromatic N) is 1. The lowest BCUT2D eigenvalue weighted by atomic mass is 10.0. The Kier molecular flexibility index (Phi) is 5.99. The van der Waals surface area contributed by atoms with E-state index in [4.69, 9.17) is 0 Å². The van der Waals surface area contributed by atoms with Gasteiger partial charge in [0, 0.05) is 30.1 Å². The maximum absolute atomic E-state index is 4.37. The van der Waals surface area contributed by atoms with Crippen LogP contribution >= 0.6 is 11.3 Å². The van der Waals surface area contributed by atoms with Crippen LogP contribution in [0.3, 0.4) is 0 Å². The van der Waals surface area contributed by atoms with E-state index in [2.05, 4.69) is 38.0 Å². The Balaban J connectivity index is 2.10. The topological polar surface area (TPSA) is 24.9 Å². The van der Waals surface area contributed by atoms with Crippen molar-refractivity contribution in [2.75, 3.05) is 6.54 Å². The first-order chi connectivity index (χ1) is 7.58. The fourth-order valence-corrected chi connectivity index (χ4v) is 2.41. The van der Waals surface area contributed by atoms with Gasteiger partial charge in [-0.2, -0.15) is 0 Å². The largest absolute Gasteiger partial charge is 0.314 e. The standard InChI is InChI=1S/C13H24N2S/c1-10(2)5-6-11(3)14-8-7-13-15-9-12(4)16-13/h9-11,14H,5-8H2,1-4H3. The first-order valence-electron chi connectivity index (χ1n) is 6.22. The van der Waals surface area contributed by atoms with E-state index in [0.717, 1.165) is 18.9 Å². The molecular formula is C13H24N2S. The molecule has 1 N–H and O–H groups in total. The van der Waals surface area contributed by atoms with Gasteiger partial charge in [-0.15, -0.1) is 11.3 Å². The molecule has 1 heterocycles. The second-order valence-corrected chi connectivity index (χ2v) is 6.26. The van der Waals surface area contributed by atoms with Crippen LogP contribution in [0.4, 0.5) is 0 Å². The SMILES string of the molecule is Cc1cnc(CCNC(C)CCC(C)C)s1. The highest BCUT2D eigenvalue weighted by atomic mass is 32.1. The van der Waals surface area contributed by atoms with Gasteiger partial charge in [-0.1, -0.05) is 13.8 Å². The maximum Gasteiger partial charge on any atom is 0.0940 e. The van der Waals surface area contributed by atoms with Gasteiger partial charge in [-0.05, 0) is 32.6 Å². The van der Waals surface area contributed by atoms with Gasteiger partial charge >= 0.3 is 0 Å². The van der Waals surface area contributed by atoms with Crippen molar-refractivity contribution < 1.29 is 0 Å². The van der Waals surface area contributed by atoms with Gasteiger partial charge in [0.15, 0.2) is 0 Å². The Bertz CT molecular complexity index is 294. The number of thiazole rings is 1. The smallest absolute Gasteiger partial charge is 0.0940 e. The van der Waals surface area contributed by atoms with Gasteiger partial charge < -0.3 is 5.32 Å². The summed E-state index contributed by atoms with van der Waals surface area (Å²) in [6.07, 6.45) is 5.60. The number of aryl methyl sites for hydroxylation is 1. The normalized spacial score (nSPS) is 13.3. The van der Waals surface area contributed by atoms with E-state index in [-0.39, 0.29) is 0 Å². The molecule has 92 valence electrons. The van der Waals surface area contributed by atoms with Gasteiger partial charge in [-0.25, -0.2) is 4.98 Å². The highest BCUT2D eigenvalue weighted by Crippen LogP contribution is 2.11. The maximum atomic E-state index is 4.37. The van der Waals surface area contributed by atoms with Crippen LogP contribution in [0.5, 0.6) is 0 Å². The molecule has 0 aliphatic carbocycles. The van der Waals surface area contributed by atoms with Gasteiger partial charge in [0.05, 0.1) is 5.01 Å². The van der Waals surface area contributed by atoms with Crippen molar-refractivity contribution in [1.82, 2.24) is 10.3 Å². The zero-order chi connectivity index (χ0) is 12.0. The Labute approximate surface area is 103 Å². The monoisotopic (exact) mass is 240 g/mol. The van der Waals surface area contributed by atoms with Crippen LogP contribution in [0.15, 0.2) is 6.20 Å². The van der Waals surface area contributed by atoms with Crippen molar-refractivity contribution >= 4 is 11.3 Å². The van der Waals surface area contributed by atoms with Crippen LogP contribution in [0, 0.1) is 12.8 Å². The molecule has 1 unspecified atom stereocenters. The van der Waals surface area contributed by atoms with Crippen LogP contribution in [0.2, 0.25) is 0 Å². The summed E-state index contributed by atoms with van der Waals surface area (Å²) in [5.74, 6) is 0.811. The van der Waals surface area contributed by atoms with E-state index < -0.39 is 0 Å². The predicted molar refractivity (Wildman–Crippen MR) is 72.1 cm³/mol. The van der Waals surface area contributed by atoms with Crippen LogP contribution in [-0.2, 0) is 6.42 Å². The lowest BCUT2D eigenvalue weighted by molar-refractivity contribution is 0.453. The predicted octanol–water partition coefficient (Wildman–Crippen LogP) is 3.41. The molecular weight excluding hydrogens is 216 g/mol. The molecule has 0 saturated carbocycles. The average Bonchev–Trinajstić information content (AvgIpc) is 2.61. The molecule has 0 fully saturated rings. The molecule has 2 nitrogen and oxygen atoms in total. The second kappa shape index (κ2) is 7.02. The number of aromatic nitrogens is 1. The summed E-state index contributed by atoms with van der Waals surface area (Å²) < 4.78 is 0. The van der Waals surface area contributed by atoms with Gasteiger partial charge in [0.1, 0.15) is 0 Å². The van der Waals surface area contributed by atoms with Crippen LogP contribution in [0.25, 0.3) is 0 Å². The summed E-state index contributed by atoms with van der Waals surface area (Å²) in [6, 6.07) is 0.628. The highest BCUT2D eigenvalue weighted by molar-refractivity contribution is 7.11. The minimum atomic E-state index is 0.628. The zero-order valence-corrected chi connectivity index (χ0v) is 11.7. The molecule has 1 aromatic rings. The number of hydrogen-bond acceptors (Lipinski definition) is 3. The minimum absolute atomic E-state index is 0.628. The molecule has 0 amide bonds. The first-order valence-corrected chi connectivity index (χ1v) is 7.04. The minimum Gasteiger partial charge on any atom is -0.314 e. The van der Waals surface area contributed by atoms with E-state index in [1.807, 2.05) is 6.20 Å². The van der Waals surface area contributed by atoms with Crippen molar-refractivity contribution in [3.63, 3.8) is 0 Å². The van der Waals surface area contributed by atoms with Crippen molar-refractivity contribution in [2.24, 2.45) is 5.92 Å². The number of hydrogen-bond donors (Lipinski definition) is 1. The highest BCUT2D eigenvalue weighted by Gasteiger charge is 2.04. The van der Waals surface area contributed by atoms with E-state index in [1.54, 1.807) is 11.3 Å². The van der Waals surface area contributed by atoms with Crippen molar-refractivity contribution in [3.8, 4) is 0 Å². The summed E-state index contributed by atoms with van der Waals surface area (Å²) >= 11 is 1.81. The fraction of sp³-hybridized carbons (Fsp3) is 0.769. The molecule has 1 aromatic heterocycles. The van der Waals surface area contributed by atoms with Gasteiger partial charge in [-0.3, -0.25) is 0 Å². The summed E-state index contributed by atoms with van der Waals surface area (Å²) in [5.41, 5.74) is 0. The van der Waals surface area contributed by atoms with E-state index >= 15 is 0 Å². The third-order valence-electron chi connectivity index (χ3n) is 2.68. The molecule has 0 aliphatic rings. The van der Waals surface area contributed by atoms with Crippen LogP contribution in [-0.4, -0.2) is 17.6 Å². The van der Waals surface area contributed by atoms with Crippen molar-refractivity contribution in [1.29, 1.82) is 0 Å². The third-order valence-corrected chi connectivity index (χ3v) is 3.65. The fourth-order valence-electron chi connectivity index (χ4n) is 1.63. The van der Waals surface area contributed by atoms with Gasteiger partial charge in [0.2, 0.25) is 0 Å². The van der Waals surface area contributed by atoms with Crippen molar-refractivity contribution in [2.45, 2.75) is 53.0 Å². The average molecular weight is 240 g/mol. The van der Waals surface area contributed by atoms with E-state index in [0.29, 0.717) is 6.04 Å². The molecule has 0 saturated heterocycles. The molecule has 0 spiro atoms. The van der Waals surface area contributed by atoms with Crippen LogP contribution in [0.1, 0.15) is 43.5 Å². The quantitative estimate of drug-likeness (QED) is 0.790. The second-order valence-electron chi connectivity index (χ2n) is 4.94. The number of rotatable bonds is 7. The van der Waals surface area contributed by atoms with Crippen LogP contribution < -0.4 is 5.32 Å². The van der Waals surface area contributed by atoms with E-state index in [1.165, 1.54) is 22.7 Å². The molecule has 16 heavy (non-hydrogen) atoms. The van der Waals surface area contributed by atoms with Gasteiger partial charge in [0.25, 0.3) is 0 Å². The lowest BCUT2D eigenvalue weighted by Gasteiger charge is -2.14. The van der Waals surface area contributed by atoms with E-state index in [9.17, 15) is 0 Å². The Morgan fingerprint density at radius 2 is 2.06 bits per heavy atom. The number of nitrogens with one attached hydrogen (secondary N) is 1. The molecule has 1 rings (SSSR count). The molecule has 3 heteroatoms. The molecule has 0 radical (unpaired) electrons. The summed E-state index contributed by atoms with van der Waals surface area (Å²) in [4.78, 5) is 5.67. The first kappa shape index (κ1) is 13.7. The summed E-state index contributed by atoms with van der Waals surface area (Å²) in [5, 5.41) is 4.81. The third kappa shape index (κ3) is 5.61. The Hall–Kier alpha value is -0.410. The summed E-state index contributed by atoms with van der Waals surface area (Å²) in [7, 11) is 0. The molecule has 0 aromatic carbocycles. The molecule has 1 atom stereocenters. The zero-order valence-electron chi connectivity index (χ0n) is 10.9. The molecule has 0 aliphatic heterocycles. The van der Waals surface area contributed by atoms with Crippen molar-refractivity contribution in [3.05, 3.63) is 16.1 Å². The summed E-state index contributed by atoms with van der Waals surface area (Å²) in [6.45, 7) is 10.00.